The minimum atomic E-state index is 0.177. The van der Waals surface area contributed by atoms with E-state index in [2.05, 4.69) is 35.3 Å². The summed E-state index contributed by atoms with van der Waals surface area (Å²) in [5.41, 5.74) is 6.84. The Labute approximate surface area is 162 Å². The molecule has 3 aromatic rings. The predicted octanol–water partition coefficient (Wildman–Crippen LogP) is 6.37. The highest BCUT2D eigenvalue weighted by molar-refractivity contribution is 6.38. The Morgan fingerprint density at radius 3 is 2.81 bits per heavy atom. The van der Waals surface area contributed by atoms with Gasteiger partial charge in [-0.1, -0.05) is 53.5 Å². The van der Waals surface area contributed by atoms with Gasteiger partial charge in [-0.3, -0.25) is 0 Å². The molecule has 1 N–H and O–H groups in total. The second-order valence-electron chi connectivity index (χ2n) is 6.80. The Morgan fingerprint density at radius 2 is 2.00 bits per heavy atom. The quantitative estimate of drug-likeness (QED) is 0.557. The van der Waals surface area contributed by atoms with Crippen LogP contribution in [0.25, 0.3) is 16.5 Å². The summed E-state index contributed by atoms with van der Waals surface area (Å²) in [5.74, 6) is 0.177. The van der Waals surface area contributed by atoms with Crippen LogP contribution in [-0.4, -0.2) is 10.8 Å². The first-order chi connectivity index (χ1) is 12.5. The monoisotopic (exact) mass is 383 g/mol. The second-order valence-corrected chi connectivity index (χ2v) is 7.65. The Morgan fingerprint density at radius 1 is 1.19 bits per heavy atom. The molecule has 0 aliphatic heterocycles. The highest BCUT2D eigenvalue weighted by atomic mass is 35.5. The number of halogens is 2. The van der Waals surface area contributed by atoms with Gasteiger partial charge in [-0.2, -0.15) is 0 Å². The Kier molecular flexibility index (Phi) is 4.64. The van der Waals surface area contributed by atoms with Crippen LogP contribution in [0.2, 0.25) is 10.0 Å². The van der Waals surface area contributed by atoms with Crippen LogP contribution < -0.4 is 0 Å². The third-order valence-electron chi connectivity index (χ3n) is 5.00. The van der Waals surface area contributed by atoms with Crippen LogP contribution in [0.15, 0.2) is 42.5 Å². The minimum Gasteiger partial charge on any atom is -0.353 e. The lowest BCUT2D eigenvalue weighted by Crippen LogP contribution is -2.03. The van der Waals surface area contributed by atoms with Gasteiger partial charge < -0.3 is 9.78 Å². The molecule has 0 saturated heterocycles. The molecule has 26 heavy (non-hydrogen) atoms. The molecule has 132 valence electrons. The summed E-state index contributed by atoms with van der Waals surface area (Å²) in [6, 6.07) is 12.2. The summed E-state index contributed by atoms with van der Waals surface area (Å²) in [7, 11) is 0. The number of benzene rings is 2. The molecular formula is C22H19Cl2NO. The van der Waals surface area contributed by atoms with Gasteiger partial charge in [0, 0.05) is 22.4 Å². The number of aromatic amines is 1. The number of carbonyl (C=O) groups is 1. The van der Waals surface area contributed by atoms with Gasteiger partial charge in [0.05, 0.1) is 16.2 Å². The fraction of sp³-hybridized carbons (Fsp3) is 0.227. The number of nitrogens with one attached hydrogen (secondary N) is 1. The second kappa shape index (κ2) is 6.94. The lowest BCUT2D eigenvalue weighted by molar-refractivity contribution is -0.116. The maximum atomic E-state index is 11.6. The number of aryl methyl sites for hydroxylation is 2. The maximum Gasteiger partial charge on any atom is 0.130 e. The van der Waals surface area contributed by atoms with Crippen LogP contribution in [-0.2, 0) is 17.6 Å². The number of ketones is 1. The number of carbonyl (C=O) groups excluding carboxylic acids is 1. The van der Waals surface area contributed by atoms with E-state index in [0.717, 1.165) is 35.0 Å². The first kappa shape index (κ1) is 17.4. The van der Waals surface area contributed by atoms with Gasteiger partial charge in [0.15, 0.2) is 0 Å². The molecule has 0 fully saturated rings. The summed E-state index contributed by atoms with van der Waals surface area (Å²) < 4.78 is 0. The first-order valence-corrected chi connectivity index (χ1v) is 9.58. The number of hydrogen-bond donors (Lipinski definition) is 1. The lowest BCUT2D eigenvalue weighted by Gasteiger charge is -2.18. The van der Waals surface area contributed by atoms with Gasteiger partial charge in [0.2, 0.25) is 0 Å². The summed E-state index contributed by atoms with van der Waals surface area (Å²) >= 11 is 12.7. The largest absolute Gasteiger partial charge is 0.353 e. The van der Waals surface area contributed by atoms with E-state index in [9.17, 15) is 4.79 Å². The maximum absolute atomic E-state index is 11.6. The van der Waals surface area contributed by atoms with Crippen molar-refractivity contribution < 1.29 is 4.79 Å². The van der Waals surface area contributed by atoms with Crippen molar-refractivity contribution in [3.05, 3.63) is 74.9 Å². The Hall–Kier alpha value is -2.03. The van der Waals surface area contributed by atoms with Crippen molar-refractivity contribution >= 4 is 45.5 Å². The van der Waals surface area contributed by atoms with Crippen LogP contribution in [0.1, 0.15) is 42.1 Å². The topological polar surface area (TPSA) is 32.9 Å². The lowest BCUT2D eigenvalue weighted by atomic mass is 9.87. The number of Topliss-reactive ketones (excluding diaryl/α,β-unsaturated/α-hetero) is 1. The zero-order valence-electron chi connectivity index (χ0n) is 14.5. The summed E-state index contributed by atoms with van der Waals surface area (Å²) in [5, 5.41) is 2.21. The molecule has 1 heterocycles. The van der Waals surface area contributed by atoms with Gasteiger partial charge in [-0.25, -0.2) is 0 Å². The van der Waals surface area contributed by atoms with E-state index in [0.29, 0.717) is 22.9 Å². The third-order valence-corrected chi connectivity index (χ3v) is 5.51. The molecule has 0 bridgehead atoms. The van der Waals surface area contributed by atoms with Crippen molar-refractivity contribution in [3.63, 3.8) is 0 Å². The molecule has 1 aromatic heterocycles. The molecule has 0 radical (unpaired) electrons. The molecule has 2 aromatic carbocycles. The summed E-state index contributed by atoms with van der Waals surface area (Å²) in [6.45, 7) is 1.63. The molecule has 0 amide bonds. The number of fused-ring (bicyclic) bond motifs is 2. The number of hydrogen-bond acceptors (Lipinski definition) is 1. The van der Waals surface area contributed by atoms with E-state index < -0.39 is 0 Å². The standard InChI is InChI=1S/C22H19Cl2NO/c1-13(26)9-10-18-19-11-15(23)12-20(24)22(19)25-21(18)17-8-4-6-14-5-2-3-7-16(14)17/h2-3,5,7-8,11-12,25H,4,6,9-10H2,1H3. The van der Waals surface area contributed by atoms with Crippen molar-refractivity contribution in [2.45, 2.75) is 32.6 Å². The SMILES string of the molecule is CC(=O)CCc1c(C2=CCCc3ccccc32)[nH]c2c(Cl)cc(Cl)cc12. The third kappa shape index (κ3) is 3.08. The van der Waals surface area contributed by atoms with Gasteiger partial charge in [0.25, 0.3) is 0 Å². The fourth-order valence-corrected chi connectivity index (χ4v) is 4.32. The van der Waals surface area contributed by atoms with E-state index in [1.165, 1.54) is 16.7 Å². The molecule has 0 atom stereocenters. The van der Waals surface area contributed by atoms with E-state index >= 15 is 0 Å². The van der Waals surface area contributed by atoms with Gasteiger partial charge in [0.1, 0.15) is 5.78 Å². The van der Waals surface area contributed by atoms with E-state index in [1.54, 1.807) is 13.0 Å². The molecular weight excluding hydrogens is 365 g/mol. The van der Waals surface area contributed by atoms with Crippen LogP contribution in [0.5, 0.6) is 0 Å². The fourth-order valence-electron chi connectivity index (χ4n) is 3.78. The Bertz CT molecular complexity index is 1050. The van der Waals surface area contributed by atoms with Crippen LogP contribution in [0.4, 0.5) is 0 Å². The van der Waals surface area contributed by atoms with E-state index in [-0.39, 0.29) is 5.78 Å². The molecule has 1 aliphatic rings. The van der Waals surface area contributed by atoms with Gasteiger partial charge in [-0.05, 0) is 55.0 Å². The summed E-state index contributed by atoms with van der Waals surface area (Å²) in [4.78, 5) is 15.1. The molecule has 4 heteroatoms. The first-order valence-electron chi connectivity index (χ1n) is 8.82. The molecule has 0 saturated carbocycles. The van der Waals surface area contributed by atoms with Crippen molar-refractivity contribution in [3.8, 4) is 0 Å². The highest BCUT2D eigenvalue weighted by Crippen LogP contribution is 2.39. The molecule has 2 nitrogen and oxygen atoms in total. The van der Waals surface area contributed by atoms with E-state index in [4.69, 9.17) is 23.2 Å². The van der Waals surface area contributed by atoms with Gasteiger partial charge >= 0.3 is 0 Å². The minimum absolute atomic E-state index is 0.177. The number of allylic oxidation sites excluding steroid dienone is 1. The average Bonchev–Trinajstić information content (AvgIpc) is 2.98. The van der Waals surface area contributed by atoms with Crippen LogP contribution >= 0.6 is 23.2 Å². The predicted molar refractivity (Wildman–Crippen MR) is 109 cm³/mol. The number of H-pyrrole nitrogens is 1. The molecule has 0 unspecified atom stereocenters. The van der Waals surface area contributed by atoms with Crippen molar-refractivity contribution in [1.82, 2.24) is 4.98 Å². The highest BCUT2D eigenvalue weighted by Gasteiger charge is 2.21. The molecule has 0 spiro atoms. The average molecular weight is 384 g/mol. The van der Waals surface area contributed by atoms with Gasteiger partial charge in [-0.15, -0.1) is 0 Å². The Balaban J connectivity index is 1.94. The van der Waals surface area contributed by atoms with E-state index in [1.807, 2.05) is 6.07 Å². The van der Waals surface area contributed by atoms with Crippen molar-refractivity contribution in [2.75, 3.05) is 0 Å². The normalized spacial score (nSPS) is 13.6. The zero-order valence-corrected chi connectivity index (χ0v) is 16.0. The van der Waals surface area contributed by atoms with Crippen molar-refractivity contribution in [2.24, 2.45) is 0 Å². The smallest absolute Gasteiger partial charge is 0.130 e. The van der Waals surface area contributed by atoms with Crippen molar-refractivity contribution in [1.29, 1.82) is 0 Å². The van der Waals surface area contributed by atoms with Crippen LogP contribution in [0, 0.1) is 0 Å². The number of rotatable bonds is 4. The molecule has 4 rings (SSSR count). The number of aromatic nitrogens is 1. The molecule has 1 aliphatic carbocycles. The summed E-state index contributed by atoms with van der Waals surface area (Å²) in [6.07, 6.45) is 5.50. The van der Waals surface area contributed by atoms with Crippen LogP contribution in [0.3, 0.4) is 0 Å². The zero-order chi connectivity index (χ0) is 18.3.